The van der Waals surface area contributed by atoms with Crippen molar-refractivity contribution in [3.05, 3.63) is 0 Å². The molecule has 76 valence electrons. The lowest BCUT2D eigenvalue weighted by Crippen LogP contribution is -2.46. The highest BCUT2D eigenvalue weighted by molar-refractivity contribution is 5.77. The summed E-state index contributed by atoms with van der Waals surface area (Å²) in [5, 5.41) is 12.3. The first-order valence-electron chi connectivity index (χ1n) is 4.70. The summed E-state index contributed by atoms with van der Waals surface area (Å²) in [6, 6.07) is -0.0728. The molecule has 4 nitrogen and oxygen atoms in total. The Hall–Kier alpha value is -0.610. The Morgan fingerprint density at radius 2 is 2.23 bits per heavy atom. The molecule has 0 unspecified atom stereocenters. The van der Waals surface area contributed by atoms with Gasteiger partial charge in [0, 0.05) is 7.11 Å². The van der Waals surface area contributed by atoms with E-state index in [0.717, 1.165) is 25.7 Å². The van der Waals surface area contributed by atoms with Gasteiger partial charge >= 0.3 is 0 Å². The normalized spacial score (nSPS) is 28.5. The maximum Gasteiger partial charge on any atom is 0.246 e. The van der Waals surface area contributed by atoms with Gasteiger partial charge in [-0.25, -0.2) is 0 Å². The van der Waals surface area contributed by atoms with E-state index in [4.69, 9.17) is 0 Å². The van der Waals surface area contributed by atoms with Crippen molar-refractivity contribution in [2.45, 2.75) is 37.8 Å². The van der Waals surface area contributed by atoms with Crippen LogP contribution in [0.5, 0.6) is 0 Å². The van der Waals surface area contributed by atoms with Gasteiger partial charge in [0.2, 0.25) is 5.91 Å². The predicted molar refractivity (Wildman–Crippen MR) is 48.3 cm³/mol. The van der Waals surface area contributed by atoms with Gasteiger partial charge in [0.1, 0.15) is 6.61 Å². The Morgan fingerprint density at radius 3 is 2.85 bits per heavy atom. The summed E-state index contributed by atoms with van der Waals surface area (Å²) in [5.41, 5.74) is 0. The molecule has 1 saturated carbocycles. The zero-order chi connectivity index (χ0) is 9.68. The van der Waals surface area contributed by atoms with Gasteiger partial charge in [0.15, 0.2) is 0 Å². The number of aliphatic hydroxyl groups excluding tert-OH is 1. The van der Waals surface area contributed by atoms with Crippen LogP contribution in [0.25, 0.3) is 0 Å². The molecule has 1 aliphatic carbocycles. The first-order valence-corrected chi connectivity index (χ1v) is 4.70. The van der Waals surface area contributed by atoms with E-state index in [2.05, 4.69) is 10.1 Å². The number of amides is 1. The third-order valence-corrected chi connectivity index (χ3v) is 2.35. The first-order chi connectivity index (χ1) is 6.24. The maximum atomic E-state index is 11.1. The number of rotatable bonds is 3. The van der Waals surface area contributed by atoms with Gasteiger partial charge in [-0.2, -0.15) is 0 Å². The summed E-state index contributed by atoms with van der Waals surface area (Å²) in [5.74, 6) is -0.145. The Bertz CT molecular complexity index is 172. The fourth-order valence-electron chi connectivity index (χ4n) is 1.66. The van der Waals surface area contributed by atoms with E-state index in [-0.39, 0.29) is 24.7 Å². The average Bonchev–Trinajstić information content (AvgIpc) is 2.09. The van der Waals surface area contributed by atoms with E-state index in [0.29, 0.717) is 0 Å². The number of methoxy groups -OCH3 is 1. The van der Waals surface area contributed by atoms with E-state index in [1.165, 1.54) is 7.11 Å². The van der Waals surface area contributed by atoms with Crippen LogP contribution < -0.4 is 5.32 Å². The molecule has 1 fully saturated rings. The molecule has 2 atom stereocenters. The summed E-state index contributed by atoms with van der Waals surface area (Å²) in [6.07, 6.45) is 3.41. The van der Waals surface area contributed by atoms with Crippen LogP contribution >= 0.6 is 0 Å². The molecule has 13 heavy (non-hydrogen) atoms. The molecule has 2 N–H and O–H groups in total. The van der Waals surface area contributed by atoms with E-state index in [9.17, 15) is 9.90 Å². The quantitative estimate of drug-likeness (QED) is 0.656. The van der Waals surface area contributed by atoms with Crippen LogP contribution in [0.2, 0.25) is 0 Å². The van der Waals surface area contributed by atoms with Gasteiger partial charge in [-0.15, -0.1) is 0 Å². The van der Waals surface area contributed by atoms with Crippen LogP contribution in [0, 0.1) is 0 Å². The van der Waals surface area contributed by atoms with Gasteiger partial charge in [-0.3, -0.25) is 4.79 Å². The van der Waals surface area contributed by atoms with Crippen LogP contribution in [-0.2, 0) is 9.53 Å². The minimum atomic E-state index is -0.380. The smallest absolute Gasteiger partial charge is 0.246 e. The number of hydrogen-bond donors (Lipinski definition) is 2. The lowest BCUT2D eigenvalue weighted by molar-refractivity contribution is -0.126. The van der Waals surface area contributed by atoms with Crippen LogP contribution in [0.1, 0.15) is 25.7 Å². The zero-order valence-electron chi connectivity index (χ0n) is 7.95. The second-order valence-electron chi connectivity index (χ2n) is 3.46. The third kappa shape index (κ3) is 3.32. The van der Waals surface area contributed by atoms with Crippen LogP contribution in [-0.4, -0.2) is 36.9 Å². The van der Waals surface area contributed by atoms with Crippen LogP contribution in [0.4, 0.5) is 0 Å². The molecule has 0 radical (unpaired) electrons. The molecular weight excluding hydrogens is 170 g/mol. The fourth-order valence-corrected chi connectivity index (χ4v) is 1.66. The average molecular weight is 187 g/mol. The van der Waals surface area contributed by atoms with Gasteiger partial charge < -0.3 is 15.2 Å². The summed E-state index contributed by atoms with van der Waals surface area (Å²) in [4.78, 5) is 11.1. The molecule has 0 aromatic heterocycles. The van der Waals surface area contributed by atoms with Crippen molar-refractivity contribution >= 4 is 5.91 Å². The Balaban J connectivity index is 2.29. The summed E-state index contributed by atoms with van der Waals surface area (Å²) in [6.45, 7) is 0.0726. The molecule has 0 heterocycles. The van der Waals surface area contributed by atoms with Gasteiger partial charge in [0.25, 0.3) is 0 Å². The summed E-state index contributed by atoms with van der Waals surface area (Å²) in [7, 11) is 1.48. The molecule has 0 aromatic rings. The standard InChI is InChI=1S/C9H17NO3/c1-13-6-9(12)10-7-4-2-3-5-8(7)11/h7-8,11H,2-6H2,1H3,(H,10,12)/t7-,8-/m1/s1. The number of aliphatic hydroxyl groups is 1. The van der Waals surface area contributed by atoms with Crippen LogP contribution in [0.15, 0.2) is 0 Å². The molecule has 0 spiro atoms. The number of carbonyl (C=O) groups is 1. The molecule has 0 saturated heterocycles. The number of hydrogen-bond acceptors (Lipinski definition) is 3. The van der Waals surface area contributed by atoms with Crippen molar-refractivity contribution in [1.82, 2.24) is 5.32 Å². The van der Waals surface area contributed by atoms with Crippen molar-refractivity contribution < 1.29 is 14.6 Å². The Kier molecular flexibility index (Phi) is 4.18. The molecule has 1 amide bonds. The molecule has 0 aromatic carbocycles. The van der Waals surface area contributed by atoms with Crippen molar-refractivity contribution in [3.8, 4) is 0 Å². The second-order valence-corrected chi connectivity index (χ2v) is 3.46. The van der Waals surface area contributed by atoms with Gasteiger partial charge in [0.05, 0.1) is 12.1 Å². The molecule has 1 aliphatic rings. The number of nitrogens with one attached hydrogen (secondary N) is 1. The largest absolute Gasteiger partial charge is 0.391 e. The third-order valence-electron chi connectivity index (χ3n) is 2.35. The highest BCUT2D eigenvalue weighted by Gasteiger charge is 2.23. The molecule has 1 rings (SSSR count). The van der Waals surface area contributed by atoms with E-state index in [1.807, 2.05) is 0 Å². The lowest BCUT2D eigenvalue weighted by atomic mass is 9.92. The van der Waals surface area contributed by atoms with Crippen molar-refractivity contribution in [2.75, 3.05) is 13.7 Å². The number of carbonyl (C=O) groups excluding carboxylic acids is 1. The van der Waals surface area contributed by atoms with Crippen molar-refractivity contribution in [1.29, 1.82) is 0 Å². The predicted octanol–water partition coefficient (Wildman–Crippen LogP) is 0.0525. The van der Waals surface area contributed by atoms with Crippen molar-refractivity contribution in [2.24, 2.45) is 0 Å². The minimum absolute atomic E-state index is 0.0726. The van der Waals surface area contributed by atoms with Crippen molar-refractivity contribution in [3.63, 3.8) is 0 Å². The van der Waals surface area contributed by atoms with Crippen LogP contribution in [0.3, 0.4) is 0 Å². The SMILES string of the molecule is COCC(=O)N[C@@H]1CCCC[C@H]1O. The van der Waals surface area contributed by atoms with E-state index in [1.54, 1.807) is 0 Å². The highest BCUT2D eigenvalue weighted by Crippen LogP contribution is 2.17. The van der Waals surface area contributed by atoms with E-state index >= 15 is 0 Å². The highest BCUT2D eigenvalue weighted by atomic mass is 16.5. The minimum Gasteiger partial charge on any atom is -0.391 e. The molecular formula is C9H17NO3. The lowest BCUT2D eigenvalue weighted by Gasteiger charge is -2.28. The monoisotopic (exact) mass is 187 g/mol. The maximum absolute atomic E-state index is 11.1. The topological polar surface area (TPSA) is 58.6 Å². The second kappa shape index (κ2) is 5.19. The fraction of sp³-hybridized carbons (Fsp3) is 0.889. The number of ether oxygens (including phenoxy) is 1. The van der Waals surface area contributed by atoms with Gasteiger partial charge in [-0.1, -0.05) is 12.8 Å². The molecule has 0 bridgehead atoms. The first kappa shape index (κ1) is 10.5. The Morgan fingerprint density at radius 1 is 1.54 bits per heavy atom. The Labute approximate surface area is 78.3 Å². The summed E-state index contributed by atoms with van der Waals surface area (Å²) >= 11 is 0. The molecule has 0 aliphatic heterocycles. The van der Waals surface area contributed by atoms with E-state index < -0.39 is 0 Å². The zero-order valence-corrected chi connectivity index (χ0v) is 7.95. The molecule has 4 heteroatoms. The summed E-state index contributed by atoms with van der Waals surface area (Å²) < 4.78 is 4.69. The van der Waals surface area contributed by atoms with Gasteiger partial charge in [-0.05, 0) is 12.8 Å².